The number of methoxy groups -OCH3 is 1. The number of benzene rings is 2. The van der Waals surface area contributed by atoms with E-state index in [0.29, 0.717) is 16.7 Å². The van der Waals surface area contributed by atoms with Gasteiger partial charge in [0.1, 0.15) is 5.75 Å². The summed E-state index contributed by atoms with van der Waals surface area (Å²) < 4.78 is 7.63. The molecule has 0 aliphatic carbocycles. The molecule has 0 atom stereocenters. The Morgan fingerprint density at radius 3 is 2.69 bits per heavy atom. The molecule has 7 nitrogen and oxygen atoms in total. The van der Waals surface area contributed by atoms with Crippen molar-refractivity contribution in [2.75, 3.05) is 24.0 Å². The third-order valence-electron chi connectivity index (χ3n) is 3.47. The molecule has 3 rings (SSSR count). The maximum absolute atomic E-state index is 12.1. The van der Waals surface area contributed by atoms with E-state index in [-0.39, 0.29) is 11.7 Å². The van der Waals surface area contributed by atoms with Gasteiger partial charge < -0.3 is 15.9 Å². The first-order valence-electron chi connectivity index (χ1n) is 7.60. The highest BCUT2D eigenvalue weighted by Crippen LogP contribution is 2.29. The molecule has 0 aliphatic rings. The number of ether oxygens (including phenoxy) is 1. The summed E-state index contributed by atoms with van der Waals surface area (Å²) in [5.41, 5.74) is 1.46. The molecule has 26 heavy (non-hydrogen) atoms. The second kappa shape index (κ2) is 8.24. The smallest absolute Gasteiger partial charge is 0.234 e. The topological polar surface area (TPSA) is 95.1 Å². The number of carbonyl (C=O) groups is 1. The number of hydrogen-bond donors (Lipinski definition) is 2. The number of hydrogen-bond acceptors (Lipinski definition) is 6. The van der Waals surface area contributed by atoms with Crippen molar-refractivity contribution >= 4 is 39.3 Å². The Balaban J connectivity index is 1.67. The number of para-hydroxylation sites is 1. The summed E-state index contributed by atoms with van der Waals surface area (Å²) in [4.78, 5) is 12.1. The van der Waals surface area contributed by atoms with Crippen molar-refractivity contribution in [3.63, 3.8) is 0 Å². The lowest BCUT2D eigenvalue weighted by molar-refractivity contribution is -0.113. The van der Waals surface area contributed by atoms with Gasteiger partial charge in [-0.3, -0.25) is 4.79 Å². The summed E-state index contributed by atoms with van der Waals surface area (Å²) in [5.74, 6) is 7.22. The van der Waals surface area contributed by atoms with Crippen LogP contribution < -0.4 is 15.9 Å². The van der Waals surface area contributed by atoms with Crippen LogP contribution in [0.25, 0.3) is 11.4 Å². The van der Waals surface area contributed by atoms with Crippen LogP contribution in [0.4, 0.5) is 5.69 Å². The Hall–Kier alpha value is -2.52. The van der Waals surface area contributed by atoms with Crippen LogP contribution in [0, 0.1) is 0 Å². The van der Waals surface area contributed by atoms with Crippen LogP contribution in [0.3, 0.4) is 0 Å². The number of anilines is 1. The van der Waals surface area contributed by atoms with Crippen LogP contribution in [0.1, 0.15) is 0 Å². The number of aromatic nitrogens is 3. The number of rotatable bonds is 6. The zero-order valence-corrected chi connectivity index (χ0v) is 16.3. The molecule has 0 bridgehead atoms. The van der Waals surface area contributed by atoms with Crippen molar-refractivity contribution in [2.24, 2.45) is 0 Å². The number of thioether (sulfide) groups is 1. The van der Waals surface area contributed by atoms with E-state index in [2.05, 4.69) is 31.4 Å². The Morgan fingerprint density at radius 1 is 1.23 bits per heavy atom. The highest BCUT2D eigenvalue weighted by molar-refractivity contribution is 9.10. The molecule has 3 N–H and O–H groups in total. The third kappa shape index (κ3) is 4.17. The van der Waals surface area contributed by atoms with E-state index in [1.54, 1.807) is 7.11 Å². The highest BCUT2D eigenvalue weighted by atomic mass is 79.9. The van der Waals surface area contributed by atoms with Gasteiger partial charge >= 0.3 is 0 Å². The van der Waals surface area contributed by atoms with Gasteiger partial charge in [0, 0.05) is 10.2 Å². The molecular formula is C17H16BrN5O2S. The Kier molecular flexibility index (Phi) is 5.79. The molecule has 0 unspecified atom stereocenters. The molecule has 0 saturated heterocycles. The molecule has 2 aromatic carbocycles. The average Bonchev–Trinajstić information content (AvgIpc) is 3.02. The second-order valence-corrected chi connectivity index (χ2v) is 7.08. The molecule has 9 heteroatoms. The van der Waals surface area contributed by atoms with Gasteiger partial charge in [-0.05, 0) is 36.4 Å². The predicted octanol–water partition coefficient (Wildman–Crippen LogP) is 3.16. The van der Waals surface area contributed by atoms with Crippen LogP contribution in [0.2, 0.25) is 0 Å². The van der Waals surface area contributed by atoms with E-state index >= 15 is 0 Å². The number of nitrogens with one attached hydrogen (secondary N) is 1. The first-order valence-corrected chi connectivity index (χ1v) is 9.38. The van der Waals surface area contributed by atoms with Crippen molar-refractivity contribution in [3.05, 3.63) is 53.0 Å². The van der Waals surface area contributed by atoms with E-state index in [9.17, 15) is 4.79 Å². The minimum atomic E-state index is -0.154. The number of nitrogens with zero attached hydrogens (tertiary/aromatic N) is 3. The molecule has 3 aromatic rings. The summed E-state index contributed by atoms with van der Waals surface area (Å²) >= 11 is 4.56. The van der Waals surface area contributed by atoms with E-state index < -0.39 is 0 Å². The molecule has 0 spiro atoms. The summed E-state index contributed by atoms with van der Waals surface area (Å²) in [6, 6.07) is 14.8. The zero-order chi connectivity index (χ0) is 18.5. The van der Waals surface area contributed by atoms with E-state index in [4.69, 9.17) is 10.6 Å². The van der Waals surface area contributed by atoms with Crippen molar-refractivity contribution in [1.29, 1.82) is 0 Å². The molecule has 1 heterocycles. The Bertz CT molecular complexity index is 914. The molecule has 134 valence electrons. The summed E-state index contributed by atoms with van der Waals surface area (Å²) in [7, 11) is 1.58. The standard InChI is InChI=1S/C17H16BrN5O2S/c1-25-14-5-3-2-4-13(14)16-21-22-17(23(16)19)26-10-15(24)20-12-8-6-11(18)7-9-12/h2-9H,10,19H2,1H3,(H,20,24). The van der Waals surface area contributed by atoms with Crippen LogP contribution in [0.15, 0.2) is 58.2 Å². The number of halogens is 1. The summed E-state index contributed by atoms with van der Waals surface area (Å²) in [5, 5.41) is 11.4. The first-order chi connectivity index (χ1) is 12.6. The van der Waals surface area contributed by atoms with Crippen LogP contribution >= 0.6 is 27.7 Å². The summed E-state index contributed by atoms with van der Waals surface area (Å²) in [6.45, 7) is 0. The Morgan fingerprint density at radius 2 is 1.96 bits per heavy atom. The quantitative estimate of drug-likeness (QED) is 0.457. The van der Waals surface area contributed by atoms with Crippen LogP contribution in [0.5, 0.6) is 5.75 Å². The van der Waals surface area contributed by atoms with Gasteiger partial charge in [-0.25, -0.2) is 4.68 Å². The molecule has 0 fully saturated rings. The number of nitrogens with two attached hydrogens (primary N) is 1. The fourth-order valence-electron chi connectivity index (χ4n) is 2.25. The van der Waals surface area contributed by atoms with Crippen molar-refractivity contribution in [3.8, 4) is 17.1 Å². The van der Waals surface area contributed by atoms with E-state index in [1.165, 1.54) is 16.4 Å². The largest absolute Gasteiger partial charge is 0.496 e. The molecule has 0 aliphatic heterocycles. The van der Waals surface area contributed by atoms with Gasteiger partial charge in [0.15, 0.2) is 5.82 Å². The summed E-state index contributed by atoms with van der Waals surface area (Å²) in [6.07, 6.45) is 0. The van der Waals surface area contributed by atoms with E-state index in [0.717, 1.165) is 15.7 Å². The maximum atomic E-state index is 12.1. The molecule has 0 saturated carbocycles. The minimum Gasteiger partial charge on any atom is -0.496 e. The van der Waals surface area contributed by atoms with Crippen molar-refractivity contribution in [2.45, 2.75) is 5.16 Å². The van der Waals surface area contributed by atoms with Gasteiger partial charge in [-0.2, -0.15) is 0 Å². The van der Waals surface area contributed by atoms with Crippen LogP contribution in [-0.4, -0.2) is 33.6 Å². The van der Waals surface area contributed by atoms with Crippen molar-refractivity contribution in [1.82, 2.24) is 14.9 Å². The van der Waals surface area contributed by atoms with E-state index in [1.807, 2.05) is 48.5 Å². The predicted molar refractivity (Wildman–Crippen MR) is 106 cm³/mol. The normalized spacial score (nSPS) is 10.5. The Labute approximate surface area is 163 Å². The fraction of sp³-hybridized carbons (Fsp3) is 0.118. The third-order valence-corrected chi connectivity index (χ3v) is 4.94. The molecule has 1 aromatic heterocycles. The van der Waals surface area contributed by atoms with Crippen molar-refractivity contribution < 1.29 is 9.53 Å². The van der Waals surface area contributed by atoms with Gasteiger partial charge in [-0.15, -0.1) is 10.2 Å². The van der Waals surface area contributed by atoms with Gasteiger partial charge in [0.2, 0.25) is 11.1 Å². The van der Waals surface area contributed by atoms with Gasteiger partial charge in [0.05, 0.1) is 18.4 Å². The number of nitrogen functional groups attached to an aromatic ring is 1. The number of amides is 1. The lowest BCUT2D eigenvalue weighted by atomic mass is 10.2. The monoisotopic (exact) mass is 433 g/mol. The van der Waals surface area contributed by atoms with Crippen LogP contribution in [-0.2, 0) is 4.79 Å². The highest BCUT2D eigenvalue weighted by Gasteiger charge is 2.16. The lowest BCUT2D eigenvalue weighted by Crippen LogP contribution is -2.16. The zero-order valence-electron chi connectivity index (χ0n) is 13.8. The average molecular weight is 434 g/mol. The molecular weight excluding hydrogens is 418 g/mol. The van der Waals surface area contributed by atoms with Gasteiger partial charge in [0.25, 0.3) is 0 Å². The SMILES string of the molecule is COc1ccccc1-c1nnc(SCC(=O)Nc2ccc(Br)cc2)n1N. The molecule has 0 radical (unpaired) electrons. The first kappa shape index (κ1) is 18.3. The lowest BCUT2D eigenvalue weighted by Gasteiger charge is -2.08. The number of carbonyl (C=O) groups excluding carboxylic acids is 1. The second-order valence-electron chi connectivity index (χ2n) is 5.22. The molecule has 1 amide bonds. The van der Waals surface area contributed by atoms with Gasteiger partial charge in [-0.1, -0.05) is 39.8 Å². The fourth-order valence-corrected chi connectivity index (χ4v) is 3.17. The maximum Gasteiger partial charge on any atom is 0.234 e. The minimum absolute atomic E-state index is 0.154.